The molecule has 252 valence electrons. The van der Waals surface area contributed by atoms with E-state index in [1.54, 1.807) is 36.4 Å². The van der Waals surface area contributed by atoms with Gasteiger partial charge < -0.3 is 15.0 Å². The first kappa shape index (κ1) is 35.8. The number of benzene rings is 3. The number of ether oxygens (including phenoxy) is 1. The third-order valence-electron chi connectivity index (χ3n) is 8.40. The summed E-state index contributed by atoms with van der Waals surface area (Å²) in [5, 5.41) is 12.2. The fourth-order valence-corrected chi connectivity index (χ4v) is 6.40. The number of hydrogen-bond donors (Lipinski definition) is 1. The van der Waals surface area contributed by atoms with Gasteiger partial charge in [0.25, 0.3) is 5.91 Å². The molecular formula is C34H36F5N3O4S. The van der Waals surface area contributed by atoms with E-state index in [0.29, 0.717) is 36.2 Å². The van der Waals surface area contributed by atoms with E-state index in [1.165, 1.54) is 38.1 Å². The minimum absolute atomic E-state index is 0.0626. The summed E-state index contributed by atoms with van der Waals surface area (Å²) in [7, 11) is -3.42. The highest BCUT2D eigenvalue weighted by molar-refractivity contribution is 7.91. The molecule has 0 radical (unpaired) electrons. The number of carbonyl (C=O) groups is 1. The molecule has 0 unspecified atom stereocenters. The zero-order valence-electron chi connectivity index (χ0n) is 25.9. The van der Waals surface area contributed by atoms with E-state index in [2.05, 4.69) is 5.32 Å². The largest absolute Gasteiger partial charge is 0.416 e. The molecule has 1 aliphatic heterocycles. The summed E-state index contributed by atoms with van der Waals surface area (Å²) in [5.74, 6) is -0.716. The molecule has 1 fully saturated rings. The first-order chi connectivity index (χ1) is 22.2. The maximum absolute atomic E-state index is 14.0. The van der Waals surface area contributed by atoms with Gasteiger partial charge in [-0.05, 0) is 72.5 Å². The topological polar surface area (TPSA) is 99.5 Å². The van der Waals surface area contributed by atoms with Crippen molar-refractivity contribution >= 4 is 21.4 Å². The fraction of sp³-hybridized carbons (Fsp3) is 0.412. The van der Waals surface area contributed by atoms with Crippen LogP contribution in [0.2, 0.25) is 0 Å². The minimum atomic E-state index is -4.46. The number of nitrogens with one attached hydrogen (secondary N) is 1. The van der Waals surface area contributed by atoms with Crippen LogP contribution in [0.25, 0.3) is 0 Å². The summed E-state index contributed by atoms with van der Waals surface area (Å²) < 4.78 is 96.6. The smallest absolute Gasteiger partial charge is 0.366 e. The van der Waals surface area contributed by atoms with Crippen LogP contribution in [0, 0.1) is 11.3 Å². The SMILES string of the molecule is CCC(F)(F)OC[C@H]1CC[C@@H](c2ccc(C(F)(F)F)cc2)CN1c1ccc(C(=O)N[C@H](CC#N)c2ccc(S(=O)(=O)CC)cc2)cc1. The van der Waals surface area contributed by atoms with E-state index < -0.39 is 52.1 Å². The van der Waals surface area contributed by atoms with Gasteiger partial charge in [-0.2, -0.15) is 27.2 Å². The highest BCUT2D eigenvalue weighted by Gasteiger charge is 2.35. The summed E-state index contributed by atoms with van der Waals surface area (Å²) in [6.07, 6.45) is -7.32. The van der Waals surface area contributed by atoms with E-state index in [1.807, 2.05) is 11.0 Å². The minimum Gasteiger partial charge on any atom is -0.366 e. The van der Waals surface area contributed by atoms with Gasteiger partial charge in [-0.3, -0.25) is 4.79 Å². The van der Waals surface area contributed by atoms with E-state index in [0.717, 1.165) is 12.1 Å². The molecule has 0 spiro atoms. The third-order valence-corrected chi connectivity index (χ3v) is 10.1. The molecule has 3 atom stereocenters. The van der Waals surface area contributed by atoms with Crippen LogP contribution in [0.4, 0.5) is 27.6 Å². The zero-order valence-corrected chi connectivity index (χ0v) is 26.8. The van der Waals surface area contributed by atoms with Gasteiger partial charge in [0.1, 0.15) is 0 Å². The number of amides is 1. The van der Waals surface area contributed by atoms with Crippen molar-refractivity contribution in [1.29, 1.82) is 5.26 Å². The monoisotopic (exact) mass is 677 g/mol. The molecule has 1 aliphatic rings. The fourth-order valence-electron chi connectivity index (χ4n) is 5.52. The van der Waals surface area contributed by atoms with Gasteiger partial charge >= 0.3 is 12.3 Å². The molecule has 47 heavy (non-hydrogen) atoms. The maximum atomic E-state index is 14.0. The molecule has 0 aliphatic carbocycles. The lowest BCUT2D eigenvalue weighted by Crippen LogP contribution is -2.46. The predicted octanol–water partition coefficient (Wildman–Crippen LogP) is 7.66. The van der Waals surface area contributed by atoms with Crippen LogP contribution in [0.15, 0.2) is 77.7 Å². The van der Waals surface area contributed by atoms with Crippen LogP contribution in [-0.2, 0) is 20.8 Å². The number of alkyl halides is 5. The molecule has 0 bridgehead atoms. The highest BCUT2D eigenvalue weighted by atomic mass is 32.2. The molecule has 1 saturated heterocycles. The van der Waals surface area contributed by atoms with Gasteiger partial charge in [-0.25, -0.2) is 8.42 Å². The Morgan fingerprint density at radius 1 is 0.979 bits per heavy atom. The summed E-state index contributed by atoms with van der Waals surface area (Å²) in [6, 6.07) is 18.3. The average Bonchev–Trinajstić information content (AvgIpc) is 3.07. The van der Waals surface area contributed by atoms with Gasteiger partial charge in [0.2, 0.25) is 0 Å². The third kappa shape index (κ3) is 9.08. The van der Waals surface area contributed by atoms with Crippen molar-refractivity contribution in [2.24, 2.45) is 0 Å². The number of carbonyl (C=O) groups excluding carboxylic acids is 1. The molecule has 1 amide bonds. The van der Waals surface area contributed by atoms with Crippen molar-refractivity contribution in [3.05, 3.63) is 95.1 Å². The molecule has 0 aromatic heterocycles. The van der Waals surface area contributed by atoms with Gasteiger partial charge in [0.15, 0.2) is 9.84 Å². The number of anilines is 1. The molecule has 0 saturated carbocycles. The molecule has 3 aromatic rings. The number of nitriles is 1. The normalized spacial score (nSPS) is 18.0. The number of halogens is 5. The number of piperidine rings is 1. The lowest BCUT2D eigenvalue weighted by atomic mass is 9.86. The quantitative estimate of drug-likeness (QED) is 0.198. The summed E-state index contributed by atoms with van der Waals surface area (Å²) in [5.41, 5.74) is 1.38. The van der Waals surface area contributed by atoms with E-state index >= 15 is 0 Å². The van der Waals surface area contributed by atoms with E-state index in [-0.39, 0.29) is 35.2 Å². The Kier molecular flexibility index (Phi) is 11.3. The van der Waals surface area contributed by atoms with Crippen molar-refractivity contribution in [2.45, 2.75) is 74.7 Å². The van der Waals surface area contributed by atoms with Crippen molar-refractivity contribution in [2.75, 3.05) is 23.8 Å². The molecule has 1 heterocycles. The Labute approximate surface area is 271 Å². The Bertz CT molecular complexity index is 1660. The Morgan fingerprint density at radius 2 is 1.62 bits per heavy atom. The maximum Gasteiger partial charge on any atom is 0.416 e. The summed E-state index contributed by atoms with van der Waals surface area (Å²) in [4.78, 5) is 15.2. The second kappa shape index (κ2) is 14.8. The first-order valence-electron chi connectivity index (χ1n) is 15.2. The molecular weight excluding hydrogens is 641 g/mol. The van der Waals surface area contributed by atoms with Crippen molar-refractivity contribution in [3.63, 3.8) is 0 Å². The predicted molar refractivity (Wildman–Crippen MR) is 167 cm³/mol. The molecule has 3 aromatic carbocycles. The number of rotatable bonds is 12. The van der Waals surface area contributed by atoms with Crippen molar-refractivity contribution in [3.8, 4) is 6.07 Å². The number of sulfone groups is 1. The second-order valence-corrected chi connectivity index (χ2v) is 13.7. The molecule has 4 rings (SSSR count). The van der Waals surface area contributed by atoms with Crippen molar-refractivity contribution in [1.82, 2.24) is 5.32 Å². The number of hydrogen-bond acceptors (Lipinski definition) is 6. The molecule has 1 N–H and O–H groups in total. The lowest BCUT2D eigenvalue weighted by Gasteiger charge is -2.42. The van der Waals surface area contributed by atoms with Crippen molar-refractivity contribution < 1.29 is 39.9 Å². The highest BCUT2D eigenvalue weighted by Crippen LogP contribution is 2.36. The van der Waals surface area contributed by atoms with Crippen LogP contribution in [0.5, 0.6) is 0 Å². The Morgan fingerprint density at radius 3 is 2.17 bits per heavy atom. The van der Waals surface area contributed by atoms with Crippen LogP contribution in [0.3, 0.4) is 0 Å². The standard InChI is InChI=1S/C34H36F5N3O4S/c1-3-33(35,36)46-22-29-16-9-26(23-5-12-27(13-6-23)34(37,38)39)21-42(29)28-14-7-25(8-15-28)32(43)41-31(19-20-40)24-10-17-30(18-11-24)47(44,45)4-2/h5-8,10-15,17-18,26,29,31H,3-4,9,16,19,21-22H2,1-2H3,(H,41,43)/t26-,29-,31-/m1/s1. The lowest BCUT2D eigenvalue weighted by molar-refractivity contribution is -0.241. The molecule has 13 heteroatoms. The summed E-state index contributed by atoms with van der Waals surface area (Å²) in [6.45, 7) is 2.92. The number of nitrogens with zero attached hydrogens (tertiary/aromatic N) is 2. The molecule has 7 nitrogen and oxygen atoms in total. The van der Waals surface area contributed by atoms with Gasteiger partial charge in [-0.15, -0.1) is 0 Å². The van der Waals surface area contributed by atoms with Gasteiger partial charge in [0, 0.05) is 30.1 Å². The first-order valence-corrected chi connectivity index (χ1v) is 16.9. The van der Waals surface area contributed by atoms with E-state index in [9.17, 15) is 40.4 Å². The zero-order chi connectivity index (χ0) is 34.4. The second-order valence-electron chi connectivity index (χ2n) is 11.4. The Balaban J connectivity index is 1.53. The van der Waals surface area contributed by atoms with Gasteiger partial charge in [-0.1, -0.05) is 38.1 Å². The van der Waals surface area contributed by atoms with Crippen LogP contribution in [-0.4, -0.2) is 45.4 Å². The van der Waals surface area contributed by atoms with E-state index in [4.69, 9.17) is 4.74 Å². The summed E-state index contributed by atoms with van der Waals surface area (Å²) >= 11 is 0. The van der Waals surface area contributed by atoms with Crippen LogP contribution < -0.4 is 10.2 Å². The van der Waals surface area contributed by atoms with Crippen LogP contribution in [0.1, 0.15) is 78.5 Å². The Hall–Kier alpha value is -4.02. The van der Waals surface area contributed by atoms with Gasteiger partial charge in [0.05, 0.1) is 47.4 Å². The van der Waals surface area contributed by atoms with Crippen LogP contribution >= 0.6 is 0 Å². The average molecular weight is 678 g/mol.